The summed E-state index contributed by atoms with van der Waals surface area (Å²) in [5.41, 5.74) is 2.67. The number of rotatable bonds is 7. The third-order valence-corrected chi connectivity index (χ3v) is 3.12. The summed E-state index contributed by atoms with van der Waals surface area (Å²) >= 11 is 11.7. The lowest BCUT2D eigenvalue weighted by Crippen LogP contribution is -2.31. The van der Waals surface area contributed by atoms with Gasteiger partial charge in [0, 0.05) is 37.1 Å². The first kappa shape index (κ1) is 16.1. The average Bonchev–Trinajstić information content (AvgIpc) is 2.38. The van der Waals surface area contributed by atoms with Crippen molar-refractivity contribution in [1.82, 2.24) is 5.32 Å². The maximum atomic E-state index is 12.1. The molecule has 0 atom stereocenters. The zero-order valence-electron chi connectivity index (χ0n) is 11.4. The van der Waals surface area contributed by atoms with Crippen LogP contribution in [0.3, 0.4) is 0 Å². The standard InChI is InChI=1S/C14H20Cl2N2O/c1-3-17-14(19)12-5-4-11(2)10-13(12)18(8-6-15)9-7-16/h4-5,10H,3,6-9H2,1-2H3,(H,17,19). The number of halogens is 2. The van der Waals surface area contributed by atoms with Crippen molar-refractivity contribution in [3.63, 3.8) is 0 Å². The van der Waals surface area contributed by atoms with Crippen LogP contribution in [0.2, 0.25) is 0 Å². The molecular weight excluding hydrogens is 283 g/mol. The molecule has 0 bridgehead atoms. The molecule has 0 saturated heterocycles. The van der Waals surface area contributed by atoms with Crippen LogP contribution in [0, 0.1) is 6.92 Å². The van der Waals surface area contributed by atoms with Gasteiger partial charge in [-0.1, -0.05) is 6.07 Å². The summed E-state index contributed by atoms with van der Waals surface area (Å²) in [6.07, 6.45) is 0. The number of anilines is 1. The van der Waals surface area contributed by atoms with Crippen LogP contribution in [-0.4, -0.2) is 37.3 Å². The molecule has 0 saturated carbocycles. The van der Waals surface area contributed by atoms with Gasteiger partial charge in [0.25, 0.3) is 5.91 Å². The summed E-state index contributed by atoms with van der Waals surface area (Å²) in [5.74, 6) is 0.936. The lowest BCUT2D eigenvalue weighted by molar-refractivity contribution is 0.0956. The normalized spacial score (nSPS) is 10.3. The van der Waals surface area contributed by atoms with Crippen LogP contribution in [0.15, 0.2) is 18.2 Å². The second kappa shape index (κ2) is 8.28. The molecule has 5 heteroatoms. The van der Waals surface area contributed by atoms with E-state index in [1.54, 1.807) is 0 Å². The van der Waals surface area contributed by atoms with Gasteiger partial charge in [0.15, 0.2) is 0 Å². The lowest BCUT2D eigenvalue weighted by atomic mass is 10.1. The van der Waals surface area contributed by atoms with Crippen LogP contribution >= 0.6 is 23.2 Å². The molecule has 0 unspecified atom stereocenters. The van der Waals surface area contributed by atoms with Gasteiger partial charge < -0.3 is 10.2 Å². The number of hydrogen-bond donors (Lipinski definition) is 1. The second-order valence-corrected chi connectivity index (χ2v) is 5.00. The molecule has 0 aliphatic carbocycles. The minimum absolute atomic E-state index is 0.0633. The van der Waals surface area contributed by atoms with Crippen molar-refractivity contribution in [2.75, 3.05) is 36.3 Å². The number of nitrogens with one attached hydrogen (secondary N) is 1. The Hall–Kier alpha value is -0.930. The smallest absolute Gasteiger partial charge is 0.253 e. The fourth-order valence-electron chi connectivity index (χ4n) is 1.91. The molecule has 106 valence electrons. The Kier molecular flexibility index (Phi) is 7.03. The number of carbonyl (C=O) groups is 1. The fourth-order valence-corrected chi connectivity index (χ4v) is 2.32. The van der Waals surface area contributed by atoms with Gasteiger partial charge in [-0.3, -0.25) is 4.79 Å². The number of carbonyl (C=O) groups excluding carboxylic acids is 1. The number of nitrogens with zero attached hydrogens (tertiary/aromatic N) is 1. The van der Waals surface area contributed by atoms with Crippen molar-refractivity contribution in [1.29, 1.82) is 0 Å². The zero-order chi connectivity index (χ0) is 14.3. The Bertz CT molecular complexity index is 418. The predicted molar refractivity (Wildman–Crippen MR) is 82.8 cm³/mol. The average molecular weight is 303 g/mol. The summed E-state index contributed by atoms with van der Waals surface area (Å²) in [6, 6.07) is 5.79. The third-order valence-electron chi connectivity index (χ3n) is 2.78. The van der Waals surface area contributed by atoms with Crippen LogP contribution in [0.4, 0.5) is 5.69 Å². The van der Waals surface area contributed by atoms with E-state index in [-0.39, 0.29) is 5.91 Å². The molecule has 19 heavy (non-hydrogen) atoms. The van der Waals surface area contributed by atoms with Crippen LogP contribution in [0.1, 0.15) is 22.8 Å². The van der Waals surface area contributed by atoms with E-state index in [2.05, 4.69) is 10.2 Å². The van der Waals surface area contributed by atoms with Gasteiger partial charge in [-0.05, 0) is 31.5 Å². The molecule has 0 heterocycles. The van der Waals surface area contributed by atoms with Crippen LogP contribution < -0.4 is 10.2 Å². The summed E-state index contributed by atoms with van der Waals surface area (Å²) in [5, 5.41) is 2.83. The molecule has 0 radical (unpaired) electrons. The summed E-state index contributed by atoms with van der Waals surface area (Å²) in [4.78, 5) is 14.1. The fraction of sp³-hybridized carbons (Fsp3) is 0.500. The molecule has 1 N–H and O–H groups in total. The summed E-state index contributed by atoms with van der Waals surface area (Å²) < 4.78 is 0. The number of amides is 1. The van der Waals surface area contributed by atoms with Gasteiger partial charge in [0.1, 0.15) is 0 Å². The van der Waals surface area contributed by atoms with Gasteiger partial charge in [0.05, 0.1) is 5.56 Å². The summed E-state index contributed by atoms with van der Waals surface area (Å²) in [7, 11) is 0. The van der Waals surface area contributed by atoms with Gasteiger partial charge in [-0.2, -0.15) is 0 Å². The van der Waals surface area contributed by atoms with Crippen molar-refractivity contribution in [3.8, 4) is 0 Å². The molecule has 1 aromatic rings. The maximum Gasteiger partial charge on any atom is 0.253 e. The van der Waals surface area contributed by atoms with E-state index >= 15 is 0 Å². The number of alkyl halides is 2. The third kappa shape index (κ3) is 4.59. The Morgan fingerprint density at radius 2 is 1.89 bits per heavy atom. The predicted octanol–water partition coefficient (Wildman–Crippen LogP) is 3.03. The van der Waals surface area contributed by atoms with Crippen LogP contribution in [0.5, 0.6) is 0 Å². The molecule has 0 aromatic heterocycles. The van der Waals surface area contributed by atoms with Gasteiger partial charge in [-0.15, -0.1) is 23.2 Å². The van der Waals surface area contributed by atoms with Gasteiger partial charge in [0.2, 0.25) is 0 Å². The molecular formula is C14H20Cl2N2O. The number of benzene rings is 1. The first-order valence-corrected chi connectivity index (χ1v) is 7.46. The van der Waals surface area contributed by atoms with Crippen molar-refractivity contribution >= 4 is 34.8 Å². The molecule has 0 aliphatic heterocycles. The Labute approximate surface area is 124 Å². The number of aryl methyl sites for hydroxylation is 1. The highest BCUT2D eigenvalue weighted by Gasteiger charge is 2.15. The summed E-state index contributed by atoms with van der Waals surface area (Å²) in [6.45, 7) is 5.86. The van der Waals surface area contributed by atoms with Crippen LogP contribution in [-0.2, 0) is 0 Å². The minimum Gasteiger partial charge on any atom is -0.368 e. The zero-order valence-corrected chi connectivity index (χ0v) is 12.9. The number of hydrogen-bond acceptors (Lipinski definition) is 2. The molecule has 1 aromatic carbocycles. The minimum atomic E-state index is -0.0633. The van der Waals surface area contributed by atoms with Gasteiger partial charge >= 0.3 is 0 Å². The van der Waals surface area contributed by atoms with Crippen LogP contribution in [0.25, 0.3) is 0 Å². The highest BCUT2D eigenvalue weighted by Crippen LogP contribution is 2.22. The van der Waals surface area contributed by atoms with Crippen molar-refractivity contribution in [2.24, 2.45) is 0 Å². The van der Waals surface area contributed by atoms with Crippen molar-refractivity contribution < 1.29 is 4.79 Å². The Morgan fingerprint density at radius 1 is 1.26 bits per heavy atom. The highest BCUT2D eigenvalue weighted by molar-refractivity contribution is 6.18. The van der Waals surface area contributed by atoms with Crippen molar-refractivity contribution in [3.05, 3.63) is 29.3 Å². The van der Waals surface area contributed by atoms with E-state index in [0.29, 0.717) is 37.0 Å². The monoisotopic (exact) mass is 302 g/mol. The molecule has 0 aliphatic rings. The lowest BCUT2D eigenvalue weighted by Gasteiger charge is -2.25. The Morgan fingerprint density at radius 3 is 2.42 bits per heavy atom. The molecule has 3 nitrogen and oxygen atoms in total. The first-order valence-electron chi connectivity index (χ1n) is 6.39. The molecule has 1 amide bonds. The largest absolute Gasteiger partial charge is 0.368 e. The topological polar surface area (TPSA) is 32.3 Å². The molecule has 0 fully saturated rings. The molecule has 0 spiro atoms. The van der Waals surface area contributed by atoms with Crippen molar-refractivity contribution in [2.45, 2.75) is 13.8 Å². The SMILES string of the molecule is CCNC(=O)c1ccc(C)cc1N(CCCl)CCCl. The quantitative estimate of drug-likeness (QED) is 0.785. The van der Waals surface area contributed by atoms with E-state index < -0.39 is 0 Å². The van der Waals surface area contributed by atoms with Gasteiger partial charge in [-0.25, -0.2) is 0 Å². The van der Waals surface area contributed by atoms with E-state index in [1.807, 2.05) is 32.0 Å². The van der Waals surface area contributed by atoms with E-state index in [0.717, 1.165) is 11.3 Å². The highest BCUT2D eigenvalue weighted by atomic mass is 35.5. The van der Waals surface area contributed by atoms with E-state index in [9.17, 15) is 4.79 Å². The maximum absolute atomic E-state index is 12.1. The second-order valence-electron chi connectivity index (χ2n) is 4.25. The van der Waals surface area contributed by atoms with E-state index in [1.165, 1.54) is 0 Å². The Balaban J connectivity index is 3.13. The molecule has 1 rings (SSSR count). The van der Waals surface area contributed by atoms with E-state index in [4.69, 9.17) is 23.2 Å². The first-order chi connectivity index (χ1) is 9.13.